The van der Waals surface area contributed by atoms with Crippen molar-refractivity contribution in [3.8, 4) is 11.3 Å². The first-order valence-electron chi connectivity index (χ1n) is 10.7. The second-order valence-corrected chi connectivity index (χ2v) is 8.96. The fourth-order valence-corrected chi connectivity index (χ4v) is 4.13. The number of fused-ring (bicyclic) bond motifs is 1. The van der Waals surface area contributed by atoms with Gasteiger partial charge in [0.1, 0.15) is 22.7 Å². The molecule has 1 aliphatic carbocycles. The molecule has 1 saturated carbocycles. The minimum absolute atomic E-state index is 0.528. The van der Waals surface area contributed by atoms with Crippen LogP contribution in [0, 0.1) is 20.8 Å². The zero-order valence-electron chi connectivity index (χ0n) is 18.5. The largest absolute Gasteiger partial charge is 0.359 e. The average molecular weight is 481 g/mol. The van der Waals surface area contributed by atoms with Gasteiger partial charge in [0.25, 0.3) is 0 Å². The Hall–Kier alpha value is -3.16. The molecule has 5 rings (SSSR count). The molecule has 0 unspecified atom stereocenters. The Bertz CT molecular complexity index is 1360. The van der Waals surface area contributed by atoms with Gasteiger partial charge in [-0.15, -0.1) is 0 Å². The lowest BCUT2D eigenvalue weighted by molar-refractivity contribution is 0.393. The van der Waals surface area contributed by atoms with E-state index in [4.69, 9.17) is 37.7 Å². The number of rotatable bonds is 5. The highest BCUT2D eigenvalue weighted by molar-refractivity contribution is 6.36. The Morgan fingerprint density at radius 1 is 1.00 bits per heavy atom. The van der Waals surface area contributed by atoms with Crippen molar-refractivity contribution < 1.29 is 4.52 Å². The minimum Gasteiger partial charge on any atom is -0.359 e. The van der Waals surface area contributed by atoms with Crippen LogP contribution in [0.2, 0.25) is 10.0 Å². The van der Waals surface area contributed by atoms with Gasteiger partial charge in [-0.05, 0) is 75.4 Å². The lowest BCUT2D eigenvalue weighted by Gasteiger charge is -2.23. The molecule has 0 amide bonds. The maximum absolute atomic E-state index is 6.33. The second kappa shape index (κ2) is 8.65. The van der Waals surface area contributed by atoms with Gasteiger partial charge in [-0.25, -0.2) is 15.0 Å². The Balaban J connectivity index is 1.48. The Labute approximate surface area is 201 Å². The molecule has 0 radical (unpaired) electrons. The van der Waals surface area contributed by atoms with Gasteiger partial charge in [0.2, 0.25) is 0 Å². The number of halogens is 2. The summed E-state index contributed by atoms with van der Waals surface area (Å²) in [5, 5.41) is 12.1. The summed E-state index contributed by atoms with van der Waals surface area (Å²) < 4.78 is 5.30. The molecule has 1 fully saturated rings. The number of aryl methyl sites for hydroxylation is 2. The van der Waals surface area contributed by atoms with Crippen LogP contribution in [0.3, 0.4) is 0 Å². The van der Waals surface area contributed by atoms with Crippen LogP contribution in [0.4, 0.5) is 11.5 Å². The van der Waals surface area contributed by atoms with Crippen LogP contribution >= 0.6 is 23.2 Å². The monoisotopic (exact) mass is 480 g/mol. The Morgan fingerprint density at radius 3 is 2.39 bits per heavy atom. The highest BCUT2D eigenvalue weighted by Gasteiger charge is 2.19. The van der Waals surface area contributed by atoms with Crippen LogP contribution in [-0.2, 0) is 0 Å². The molecule has 168 valence electrons. The summed E-state index contributed by atoms with van der Waals surface area (Å²) in [7, 11) is 0. The van der Waals surface area contributed by atoms with Gasteiger partial charge in [-0.1, -0.05) is 28.4 Å². The Kier molecular flexibility index (Phi) is 5.68. The van der Waals surface area contributed by atoms with E-state index in [9.17, 15) is 0 Å². The Morgan fingerprint density at radius 2 is 1.76 bits per heavy atom. The van der Waals surface area contributed by atoms with Crippen LogP contribution < -0.4 is 10.6 Å². The molecule has 0 aliphatic heterocycles. The normalized spacial score (nSPS) is 13.2. The molecule has 1 aliphatic rings. The fourth-order valence-electron chi connectivity index (χ4n) is 3.64. The first kappa shape index (κ1) is 21.7. The lowest BCUT2D eigenvalue weighted by Crippen LogP contribution is -2.18. The third kappa shape index (κ3) is 4.26. The zero-order chi connectivity index (χ0) is 23.1. The summed E-state index contributed by atoms with van der Waals surface area (Å²) in [6.45, 7) is 5.68. The zero-order valence-corrected chi connectivity index (χ0v) is 20.0. The van der Waals surface area contributed by atoms with Gasteiger partial charge in [0, 0.05) is 15.6 Å². The molecule has 4 aromatic rings. The number of hydrogen-bond acceptors (Lipinski definition) is 7. The minimum atomic E-state index is 0.528. The molecule has 33 heavy (non-hydrogen) atoms. The topological polar surface area (TPSA) is 88.8 Å². The van der Waals surface area contributed by atoms with Gasteiger partial charge in [0.05, 0.1) is 11.9 Å². The number of pyridine rings is 1. The molecule has 9 heteroatoms. The fraction of sp³-hybridized carbons (Fsp3) is 0.250. The van der Waals surface area contributed by atoms with Crippen molar-refractivity contribution in [2.45, 2.75) is 40.0 Å². The number of nitrogens with zero attached hydrogens (tertiary/aromatic N) is 4. The molecule has 3 aromatic heterocycles. The molecule has 0 bridgehead atoms. The molecule has 0 atom stereocenters. The van der Waals surface area contributed by atoms with E-state index in [-0.39, 0.29) is 0 Å². The quantitative estimate of drug-likeness (QED) is 0.323. The summed E-state index contributed by atoms with van der Waals surface area (Å²) in [4.78, 5) is 14.0. The highest BCUT2D eigenvalue weighted by Crippen LogP contribution is 2.33. The molecule has 2 N–H and O–H groups in total. The number of nitrogens with one attached hydrogen (secondary N) is 2. The van der Waals surface area contributed by atoms with Crippen molar-refractivity contribution >= 4 is 45.9 Å². The average Bonchev–Trinajstić information content (AvgIpc) is 3.07. The summed E-state index contributed by atoms with van der Waals surface area (Å²) in [6, 6.07) is 7.50. The van der Waals surface area contributed by atoms with E-state index in [0.717, 1.165) is 52.6 Å². The van der Waals surface area contributed by atoms with E-state index >= 15 is 0 Å². The van der Waals surface area contributed by atoms with Crippen molar-refractivity contribution in [3.05, 3.63) is 68.9 Å². The first-order valence-corrected chi connectivity index (χ1v) is 11.4. The maximum atomic E-state index is 6.33. The molecule has 0 saturated heterocycles. The molecular formula is C24H22Cl2N6O. The van der Waals surface area contributed by atoms with Crippen LogP contribution in [0.25, 0.3) is 22.4 Å². The van der Waals surface area contributed by atoms with E-state index < -0.39 is 0 Å². The van der Waals surface area contributed by atoms with Crippen molar-refractivity contribution in [2.24, 2.45) is 0 Å². The first-order chi connectivity index (χ1) is 15.9. The van der Waals surface area contributed by atoms with Crippen molar-refractivity contribution in [3.63, 3.8) is 0 Å². The standard InChI is InChI=1S/C24H22Cl2N6O/c1-12-17(25)9-16(10-18(12)26)19-7-8-20-24(28-19)30-21(11-27-20)29-23(15-5-4-6-15)31-22-13(2)32-33-14(22)3/h7-11,31H,4-6H2,1-3H3,(H,28,29,30). The van der Waals surface area contributed by atoms with Gasteiger partial charge >= 0.3 is 0 Å². The van der Waals surface area contributed by atoms with Crippen LogP contribution in [0.5, 0.6) is 0 Å². The van der Waals surface area contributed by atoms with E-state index in [1.165, 1.54) is 12.0 Å². The predicted octanol–water partition coefficient (Wildman–Crippen LogP) is 6.83. The van der Waals surface area contributed by atoms with Crippen molar-refractivity contribution in [1.29, 1.82) is 0 Å². The van der Waals surface area contributed by atoms with Crippen LogP contribution in [0.15, 0.2) is 46.4 Å². The van der Waals surface area contributed by atoms with Gasteiger partial charge in [-0.2, -0.15) is 0 Å². The molecule has 7 nitrogen and oxygen atoms in total. The SMILES string of the molecule is Cc1noc(C)c1NC(Nc1cnc2ccc(-c3cc(Cl)c(C)c(Cl)c3)nc2n1)=C1CCC1. The second-order valence-electron chi connectivity index (χ2n) is 8.14. The van der Waals surface area contributed by atoms with Crippen LogP contribution in [-0.4, -0.2) is 20.1 Å². The van der Waals surface area contributed by atoms with E-state index in [1.54, 1.807) is 6.20 Å². The predicted molar refractivity (Wildman–Crippen MR) is 132 cm³/mol. The third-order valence-electron chi connectivity index (χ3n) is 5.83. The third-order valence-corrected chi connectivity index (χ3v) is 6.62. The van der Waals surface area contributed by atoms with Crippen molar-refractivity contribution in [1.82, 2.24) is 20.1 Å². The van der Waals surface area contributed by atoms with Gasteiger partial charge < -0.3 is 15.2 Å². The van der Waals surface area contributed by atoms with Crippen molar-refractivity contribution in [2.75, 3.05) is 10.6 Å². The number of allylic oxidation sites excluding steroid dienone is 1. The molecule has 3 heterocycles. The van der Waals surface area contributed by atoms with E-state index in [0.29, 0.717) is 27.0 Å². The summed E-state index contributed by atoms with van der Waals surface area (Å²) in [5.74, 6) is 2.22. The number of anilines is 2. The van der Waals surface area contributed by atoms with Crippen LogP contribution in [0.1, 0.15) is 36.3 Å². The molecular weight excluding hydrogens is 459 g/mol. The summed E-state index contributed by atoms with van der Waals surface area (Å²) >= 11 is 12.7. The van der Waals surface area contributed by atoms with E-state index in [2.05, 4.69) is 20.8 Å². The summed E-state index contributed by atoms with van der Waals surface area (Å²) in [6.07, 6.45) is 4.92. The molecule has 0 spiro atoms. The molecule has 1 aromatic carbocycles. The smallest absolute Gasteiger partial charge is 0.180 e. The van der Waals surface area contributed by atoms with E-state index in [1.807, 2.05) is 45.0 Å². The number of hydrogen-bond donors (Lipinski definition) is 2. The maximum Gasteiger partial charge on any atom is 0.180 e. The summed E-state index contributed by atoms with van der Waals surface area (Å²) in [5.41, 5.74) is 6.58. The highest BCUT2D eigenvalue weighted by atomic mass is 35.5. The lowest BCUT2D eigenvalue weighted by atomic mass is 9.92. The number of benzene rings is 1. The van der Waals surface area contributed by atoms with Gasteiger partial charge in [0.15, 0.2) is 17.2 Å². The van der Waals surface area contributed by atoms with Gasteiger partial charge in [-0.3, -0.25) is 0 Å². The number of aromatic nitrogens is 4.